The Labute approximate surface area is 360 Å². The summed E-state index contributed by atoms with van der Waals surface area (Å²) in [5.41, 5.74) is 17.7. The van der Waals surface area contributed by atoms with Gasteiger partial charge < -0.3 is 14.4 Å². The Morgan fingerprint density at radius 3 is 1.35 bits per heavy atom. The summed E-state index contributed by atoms with van der Waals surface area (Å²) in [5.74, 6) is 0. The molecule has 6 heteroatoms. The molecule has 62 heavy (non-hydrogen) atoms. The second kappa shape index (κ2) is 15.4. The molecule has 0 N–H and O–H groups in total. The highest BCUT2D eigenvalue weighted by Gasteiger charge is 2.21. The molecule has 11 aromatic rings. The van der Waals surface area contributed by atoms with Gasteiger partial charge in [-0.2, -0.15) is 0 Å². The minimum absolute atomic E-state index is 0.880. The molecule has 0 aliphatic rings. The van der Waals surface area contributed by atoms with Crippen LogP contribution in [0.1, 0.15) is 11.1 Å². The molecule has 0 unspecified atom stereocenters. The van der Waals surface area contributed by atoms with Crippen LogP contribution in [0, 0.1) is 13.8 Å². The second-order valence-corrected chi connectivity index (χ2v) is 15.7. The molecule has 0 radical (unpaired) electrons. The first-order chi connectivity index (χ1) is 30.6. The molecule has 296 valence electrons. The summed E-state index contributed by atoms with van der Waals surface area (Å²) in [5, 5.41) is 11.2. The zero-order chi connectivity index (χ0) is 41.6. The third-order valence-electron chi connectivity index (χ3n) is 12.1. The molecule has 9 aromatic carbocycles. The van der Waals surface area contributed by atoms with E-state index in [0.717, 1.165) is 73.1 Å². The molecule has 11 rings (SSSR count). The summed E-state index contributed by atoms with van der Waals surface area (Å²) >= 11 is 0. The van der Waals surface area contributed by atoms with Crippen molar-refractivity contribution in [2.45, 2.75) is 13.8 Å². The van der Waals surface area contributed by atoms with Crippen molar-refractivity contribution in [3.05, 3.63) is 230 Å². The van der Waals surface area contributed by atoms with Gasteiger partial charge in [0.25, 0.3) is 0 Å². The molecule has 2 aromatic heterocycles. The summed E-state index contributed by atoms with van der Waals surface area (Å²) in [6, 6.07) is 77.6. The number of fused-ring (bicyclic) bond motifs is 4. The Morgan fingerprint density at radius 2 is 0.855 bits per heavy atom. The van der Waals surface area contributed by atoms with Crippen molar-refractivity contribution in [1.29, 1.82) is 0 Å². The summed E-state index contributed by atoms with van der Waals surface area (Å²) in [6.45, 7) is 4.50. The molecule has 0 fully saturated rings. The summed E-state index contributed by atoms with van der Waals surface area (Å²) in [4.78, 5) is 4.68. The standard InChI is InChI=1S/C56H42N6/c1-39-40(2)53(36-33-49(39)41-27-29-46(30-28-41)62-56-26-16-15-25-52(56)57-58-62)61-54-34-31-47(59(42-17-7-3-8-18-42)43-19-9-4-10-20-43)37-50(54)51-38-48(32-35-55(51)61)60(44-21-11-5-12-22-44)45-23-13-6-14-24-45/h3-38H,1-2H3. The molecule has 0 aliphatic heterocycles. The second-order valence-electron chi connectivity index (χ2n) is 15.7. The number of nitrogens with zero attached hydrogens (tertiary/aromatic N) is 6. The number of anilines is 6. The van der Waals surface area contributed by atoms with Gasteiger partial charge in [0.2, 0.25) is 0 Å². The van der Waals surface area contributed by atoms with Gasteiger partial charge in [-0.1, -0.05) is 108 Å². The van der Waals surface area contributed by atoms with Gasteiger partial charge in [-0.25, -0.2) is 4.68 Å². The Morgan fingerprint density at radius 1 is 0.387 bits per heavy atom. The van der Waals surface area contributed by atoms with E-state index >= 15 is 0 Å². The van der Waals surface area contributed by atoms with Gasteiger partial charge in [-0.05, 0) is 151 Å². The fraction of sp³-hybridized carbons (Fsp3) is 0.0357. The van der Waals surface area contributed by atoms with Gasteiger partial charge >= 0.3 is 0 Å². The van der Waals surface area contributed by atoms with Gasteiger partial charge in [-0.15, -0.1) is 5.10 Å². The van der Waals surface area contributed by atoms with Crippen LogP contribution in [0.15, 0.2) is 218 Å². The van der Waals surface area contributed by atoms with Crippen LogP contribution in [-0.2, 0) is 0 Å². The van der Waals surface area contributed by atoms with E-state index in [1.165, 1.54) is 27.5 Å². The number of para-hydroxylation sites is 5. The predicted molar refractivity (Wildman–Crippen MR) is 257 cm³/mol. The van der Waals surface area contributed by atoms with E-state index in [1.807, 2.05) is 22.9 Å². The number of rotatable bonds is 9. The van der Waals surface area contributed by atoms with Crippen LogP contribution in [0.3, 0.4) is 0 Å². The first-order valence-electron chi connectivity index (χ1n) is 21.0. The van der Waals surface area contributed by atoms with Crippen molar-refractivity contribution < 1.29 is 0 Å². The predicted octanol–water partition coefficient (Wildman–Crippen LogP) is 14.7. The first kappa shape index (κ1) is 36.8. The lowest BCUT2D eigenvalue weighted by atomic mass is 9.95. The molecule has 0 saturated carbocycles. The average molecular weight is 799 g/mol. The number of benzene rings is 9. The summed E-state index contributed by atoms with van der Waals surface area (Å²) < 4.78 is 4.35. The van der Waals surface area contributed by atoms with Crippen LogP contribution in [0.5, 0.6) is 0 Å². The van der Waals surface area contributed by atoms with Crippen molar-refractivity contribution in [3.8, 4) is 22.5 Å². The molecule has 6 nitrogen and oxygen atoms in total. The minimum Gasteiger partial charge on any atom is -0.310 e. The van der Waals surface area contributed by atoms with Crippen LogP contribution in [0.2, 0.25) is 0 Å². The molecule has 0 aliphatic carbocycles. The first-order valence-corrected chi connectivity index (χ1v) is 21.0. The monoisotopic (exact) mass is 798 g/mol. The number of aromatic nitrogens is 4. The lowest BCUT2D eigenvalue weighted by molar-refractivity contribution is 0.824. The Balaban J connectivity index is 1.08. The Kier molecular flexibility index (Phi) is 9.16. The molecule has 2 heterocycles. The topological polar surface area (TPSA) is 42.1 Å². The van der Waals surface area contributed by atoms with Crippen molar-refractivity contribution in [3.63, 3.8) is 0 Å². The molecule has 0 saturated heterocycles. The van der Waals surface area contributed by atoms with Crippen molar-refractivity contribution in [2.24, 2.45) is 0 Å². The molecule has 0 amide bonds. The SMILES string of the molecule is Cc1c(-c2ccc(-n3nnc4ccccc43)cc2)ccc(-n2c3ccc(N(c4ccccc4)c4ccccc4)cc3c3cc(N(c4ccccc4)c4ccccc4)ccc32)c1C. The van der Waals surface area contributed by atoms with Gasteiger partial charge in [0.1, 0.15) is 5.52 Å². The molecule has 0 bridgehead atoms. The zero-order valence-corrected chi connectivity index (χ0v) is 34.5. The van der Waals surface area contributed by atoms with Crippen LogP contribution < -0.4 is 9.80 Å². The maximum atomic E-state index is 4.44. The number of hydrogen-bond donors (Lipinski definition) is 0. The van der Waals surface area contributed by atoms with E-state index in [4.69, 9.17) is 0 Å². The van der Waals surface area contributed by atoms with Crippen molar-refractivity contribution in [1.82, 2.24) is 19.6 Å². The minimum atomic E-state index is 0.880. The zero-order valence-electron chi connectivity index (χ0n) is 34.5. The third-order valence-corrected chi connectivity index (χ3v) is 12.1. The highest BCUT2D eigenvalue weighted by Crippen LogP contribution is 2.43. The van der Waals surface area contributed by atoms with Gasteiger partial charge in [-0.3, -0.25) is 0 Å². The van der Waals surface area contributed by atoms with Gasteiger partial charge in [0.15, 0.2) is 0 Å². The highest BCUT2D eigenvalue weighted by molar-refractivity contribution is 6.12. The summed E-state index contributed by atoms with van der Waals surface area (Å²) in [7, 11) is 0. The van der Waals surface area contributed by atoms with Crippen LogP contribution >= 0.6 is 0 Å². The lowest BCUT2D eigenvalue weighted by Crippen LogP contribution is -2.09. The Hall–Kier alpha value is -8.22. The molecule has 0 spiro atoms. The maximum absolute atomic E-state index is 4.44. The fourth-order valence-electron chi connectivity index (χ4n) is 8.94. The molecule has 0 atom stereocenters. The van der Waals surface area contributed by atoms with Crippen molar-refractivity contribution in [2.75, 3.05) is 9.80 Å². The normalized spacial score (nSPS) is 11.4. The van der Waals surface area contributed by atoms with Gasteiger partial charge in [0.05, 0.1) is 22.2 Å². The maximum Gasteiger partial charge on any atom is 0.113 e. The third kappa shape index (κ3) is 6.37. The van der Waals surface area contributed by atoms with E-state index in [9.17, 15) is 0 Å². The van der Waals surface area contributed by atoms with Crippen LogP contribution in [0.25, 0.3) is 55.3 Å². The quantitative estimate of drug-likeness (QED) is 0.146. The van der Waals surface area contributed by atoms with E-state index in [2.05, 4.69) is 239 Å². The van der Waals surface area contributed by atoms with E-state index in [0.29, 0.717) is 0 Å². The van der Waals surface area contributed by atoms with Gasteiger partial charge in [0, 0.05) is 50.6 Å². The van der Waals surface area contributed by atoms with E-state index in [1.54, 1.807) is 0 Å². The fourth-order valence-corrected chi connectivity index (χ4v) is 8.94. The molecular formula is C56H42N6. The largest absolute Gasteiger partial charge is 0.310 e. The summed E-state index contributed by atoms with van der Waals surface area (Å²) in [6.07, 6.45) is 0. The number of hydrogen-bond acceptors (Lipinski definition) is 4. The van der Waals surface area contributed by atoms with E-state index in [-0.39, 0.29) is 0 Å². The highest BCUT2D eigenvalue weighted by atomic mass is 15.4. The average Bonchev–Trinajstić information content (AvgIpc) is 3.91. The van der Waals surface area contributed by atoms with Crippen LogP contribution in [0.4, 0.5) is 34.1 Å². The Bertz CT molecular complexity index is 3140. The smallest absolute Gasteiger partial charge is 0.113 e. The lowest BCUT2D eigenvalue weighted by Gasteiger charge is -2.26. The van der Waals surface area contributed by atoms with E-state index < -0.39 is 0 Å². The molecular weight excluding hydrogens is 757 g/mol. The van der Waals surface area contributed by atoms with Crippen LogP contribution in [-0.4, -0.2) is 19.6 Å². The van der Waals surface area contributed by atoms with Crippen molar-refractivity contribution >= 4 is 67.0 Å².